The Labute approximate surface area is 141 Å². The van der Waals surface area contributed by atoms with Crippen LogP contribution in [0.4, 0.5) is 0 Å². The number of carbonyl (C=O) groups excluding carboxylic acids is 1. The first-order chi connectivity index (χ1) is 11.6. The minimum absolute atomic E-state index is 0.0419. The average molecular weight is 349 g/mol. The van der Waals surface area contributed by atoms with Gasteiger partial charge in [-0.05, 0) is 25.0 Å². The summed E-state index contributed by atoms with van der Waals surface area (Å²) in [7, 11) is -3.66. The fraction of sp³-hybridized carbons (Fsp3) is 0.500. The topological polar surface area (TPSA) is 79.3 Å². The first-order valence-corrected chi connectivity index (χ1v) is 9.59. The number of fused-ring (bicyclic) bond motifs is 1. The van der Waals surface area contributed by atoms with E-state index >= 15 is 0 Å². The van der Waals surface area contributed by atoms with Gasteiger partial charge >= 0.3 is 0 Å². The molecule has 0 bridgehead atoms. The van der Waals surface area contributed by atoms with Crippen molar-refractivity contribution in [3.63, 3.8) is 0 Å². The minimum atomic E-state index is -3.66. The van der Waals surface area contributed by atoms with Gasteiger partial charge in [-0.25, -0.2) is 0 Å². The van der Waals surface area contributed by atoms with Crippen LogP contribution in [0.5, 0.6) is 0 Å². The van der Waals surface area contributed by atoms with Crippen LogP contribution in [0, 0.1) is 0 Å². The zero-order chi connectivity index (χ0) is 16.7. The molecule has 2 saturated heterocycles. The van der Waals surface area contributed by atoms with Crippen molar-refractivity contribution >= 4 is 21.8 Å². The number of nitrogens with zero attached hydrogens (tertiary/aromatic N) is 3. The molecule has 24 heavy (non-hydrogen) atoms. The Balaban J connectivity index is 1.65. The highest BCUT2D eigenvalue weighted by Gasteiger charge is 2.40. The van der Waals surface area contributed by atoms with E-state index in [1.165, 1.54) is 0 Å². The third kappa shape index (κ3) is 2.50. The number of benzene rings is 1. The molecule has 1 aromatic carbocycles. The fourth-order valence-electron chi connectivity index (χ4n) is 3.57. The van der Waals surface area contributed by atoms with Gasteiger partial charge in [0.2, 0.25) is 5.91 Å². The second-order valence-corrected chi connectivity index (χ2v) is 7.75. The van der Waals surface area contributed by atoms with Crippen LogP contribution in [-0.4, -0.2) is 68.9 Å². The molecule has 2 fully saturated rings. The van der Waals surface area contributed by atoms with Gasteiger partial charge in [0, 0.05) is 25.2 Å². The van der Waals surface area contributed by atoms with Gasteiger partial charge in [0.15, 0.2) is 5.84 Å². The van der Waals surface area contributed by atoms with Gasteiger partial charge in [-0.2, -0.15) is 8.42 Å². The summed E-state index contributed by atoms with van der Waals surface area (Å²) in [5, 5.41) is 0. The Morgan fingerprint density at radius 3 is 2.71 bits per heavy atom. The lowest BCUT2D eigenvalue weighted by molar-refractivity contribution is -0.138. The number of amidine groups is 1. The van der Waals surface area contributed by atoms with Crippen molar-refractivity contribution in [3.8, 4) is 0 Å². The Bertz CT molecular complexity index is 799. The van der Waals surface area contributed by atoms with Gasteiger partial charge in [-0.1, -0.05) is 12.1 Å². The summed E-state index contributed by atoms with van der Waals surface area (Å²) >= 11 is 0. The summed E-state index contributed by atoms with van der Waals surface area (Å²) in [5.41, 5.74) is 0.596. The summed E-state index contributed by atoms with van der Waals surface area (Å²) in [6, 6.07) is 6.46. The van der Waals surface area contributed by atoms with Crippen molar-refractivity contribution < 1.29 is 17.9 Å². The van der Waals surface area contributed by atoms with Crippen LogP contribution in [0.15, 0.2) is 33.6 Å². The maximum Gasteiger partial charge on any atom is 0.285 e. The van der Waals surface area contributed by atoms with Crippen LogP contribution in [0.1, 0.15) is 18.4 Å². The molecule has 3 aliphatic rings. The Morgan fingerprint density at radius 2 is 1.92 bits per heavy atom. The van der Waals surface area contributed by atoms with E-state index in [0.29, 0.717) is 44.2 Å². The van der Waals surface area contributed by atoms with E-state index in [-0.39, 0.29) is 16.8 Å². The summed E-state index contributed by atoms with van der Waals surface area (Å²) in [4.78, 5) is 16.8. The van der Waals surface area contributed by atoms with E-state index < -0.39 is 10.0 Å². The van der Waals surface area contributed by atoms with Gasteiger partial charge in [-0.15, -0.1) is 4.40 Å². The molecule has 0 aliphatic carbocycles. The maximum absolute atomic E-state index is 12.9. The molecule has 0 aromatic heterocycles. The van der Waals surface area contributed by atoms with Crippen molar-refractivity contribution in [1.29, 1.82) is 0 Å². The molecule has 1 aromatic rings. The number of rotatable bonds is 1. The van der Waals surface area contributed by atoms with E-state index in [1.54, 1.807) is 24.3 Å². The molecule has 0 spiro atoms. The standard InChI is InChI=1S/C16H19N3O4S/c20-16(18-8-10-23-11-9-18)13-5-3-7-19(13)15-12-4-1-2-6-14(12)24(21,22)17-15/h1-2,4,6,13H,3,5,7-11H2/t13-/m0/s1. The van der Waals surface area contributed by atoms with Crippen LogP contribution in [0.2, 0.25) is 0 Å². The smallest absolute Gasteiger partial charge is 0.285 e. The number of sulfonamides is 1. The quantitative estimate of drug-likeness (QED) is 0.736. The molecule has 3 aliphatic heterocycles. The number of morpholine rings is 1. The van der Waals surface area contributed by atoms with Gasteiger partial charge in [0.05, 0.1) is 13.2 Å². The van der Waals surface area contributed by atoms with E-state index in [2.05, 4.69) is 4.40 Å². The van der Waals surface area contributed by atoms with Gasteiger partial charge in [0.1, 0.15) is 10.9 Å². The monoisotopic (exact) mass is 349 g/mol. The van der Waals surface area contributed by atoms with Crippen molar-refractivity contribution in [2.24, 2.45) is 4.40 Å². The fourth-order valence-corrected chi connectivity index (χ4v) is 4.78. The van der Waals surface area contributed by atoms with E-state index in [4.69, 9.17) is 4.74 Å². The van der Waals surface area contributed by atoms with Crippen molar-refractivity contribution in [3.05, 3.63) is 29.8 Å². The van der Waals surface area contributed by atoms with Crippen LogP contribution < -0.4 is 0 Å². The Kier molecular flexibility index (Phi) is 3.80. The molecule has 8 heteroatoms. The van der Waals surface area contributed by atoms with Crippen molar-refractivity contribution in [1.82, 2.24) is 9.80 Å². The Hall–Kier alpha value is -1.93. The van der Waals surface area contributed by atoms with E-state index in [1.807, 2.05) is 9.80 Å². The molecule has 0 N–H and O–H groups in total. The summed E-state index contributed by atoms with van der Waals surface area (Å²) in [5.74, 6) is 0.454. The molecule has 1 amide bonds. The predicted molar refractivity (Wildman–Crippen MR) is 87.3 cm³/mol. The molecule has 3 heterocycles. The molecular formula is C16H19N3O4S. The molecule has 4 rings (SSSR count). The maximum atomic E-state index is 12.9. The lowest BCUT2D eigenvalue weighted by atomic mass is 10.1. The Morgan fingerprint density at radius 1 is 1.17 bits per heavy atom. The van der Waals surface area contributed by atoms with E-state index in [9.17, 15) is 13.2 Å². The summed E-state index contributed by atoms with van der Waals surface area (Å²) in [6.45, 7) is 2.92. The van der Waals surface area contributed by atoms with Crippen molar-refractivity contribution in [2.75, 3.05) is 32.8 Å². The van der Waals surface area contributed by atoms with Crippen LogP contribution in [-0.2, 0) is 19.6 Å². The largest absolute Gasteiger partial charge is 0.378 e. The number of likely N-dealkylation sites (tertiary alicyclic amines) is 1. The molecular weight excluding hydrogens is 330 g/mol. The number of ether oxygens (including phenoxy) is 1. The highest BCUT2D eigenvalue weighted by molar-refractivity contribution is 7.90. The number of amides is 1. The zero-order valence-corrected chi connectivity index (χ0v) is 14.0. The molecule has 0 radical (unpaired) electrons. The first kappa shape index (κ1) is 15.6. The van der Waals surface area contributed by atoms with Crippen molar-refractivity contribution in [2.45, 2.75) is 23.8 Å². The third-order valence-corrected chi connectivity index (χ3v) is 6.07. The van der Waals surface area contributed by atoms with Crippen LogP contribution in [0.25, 0.3) is 0 Å². The third-order valence-electron chi connectivity index (χ3n) is 4.75. The zero-order valence-electron chi connectivity index (χ0n) is 13.2. The predicted octanol–water partition coefficient (Wildman–Crippen LogP) is 0.459. The van der Waals surface area contributed by atoms with Gasteiger partial charge < -0.3 is 14.5 Å². The lowest BCUT2D eigenvalue weighted by Crippen LogP contribution is -2.51. The van der Waals surface area contributed by atoms with Gasteiger partial charge in [-0.3, -0.25) is 4.79 Å². The highest BCUT2D eigenvalue weighted by Crippen LogP contribution is 2.31. The molecule has 0 saturated carbocycles. The second kappa shape index (κ2) is 5.86. The molecule has 1 atom stereocenters. The minimum Gasteiger partial charge on any atom is -0.378 e. The van der Waals surface area contributed by atoms with Crippen LogP contribution >= 0.6 is 0 Å². The van der Waals surface area contributed by atoms with Gasteiger partial charge in [0.25, 0.3) is 10.0 Å². The molecule has 128 valence electrons. The lowest BCUT2D eigenvalue weighted by Gasteiger charge is -2.33. The van der Waals surface area contributed by atoms with E-state index in [0.717, 1.165) is 12.8 Å². The molecule has 7 nitrogen and oxygen atoms in total. The molecule has 0 unspecified atom stereocenters. The summed E-state index contributed by atoms with van der Waals surface area (Å²) < 4.78 is 33.8. The summed E-state index contributed by atoms with van der Waals surface area (Å²) in [6.07, 6.45) is 1.57. The average Bonchev–Trinajstić information content (AvgIpc) is 3.18. The normalized spacial score (nSPS) is 25.5. The second-order valence-electron chi connectivity index (χ2n) is 6.18. The SMILES string of the molecule is O=C([C@@H]1CCCN1C1=NS(=O)(=O)c2ccccc21)N1CCOCC1. The number of hydrogen-bond donors (Lipinski definition) is 0. The number of hydrogen-bond acceptors (Lipinski definition) is 5. The first-order valence-electron chi connectivity index (χ1n) is 8.15. The van der Waals surface area contributed by atoms with Crippen LogP contribution in [0.3, 0.4) is 0 Å². The number of carbonyl (C=O) groups is 1. The highest BCUT2D eigenvalue weighted by atomic mass is 32.2.